The summed E-state index contributed by atoms with van der Waals surface area (Å²) < 4.78 is 0. The number of benzene rings is 3. The van der Waals surface area contributed by atoms with Crippen molar-refractivity contribution in [2.45, 2.75) is 5.92 Å². The van der Waals surface area contributed by atoms with Crippen LogP contribution in [0.1, 0.15) is 22.6 Å². The summed E-state index contributed by atoms with van der Waals surface area (Å²) in [7, 11) is 0. The summed E-state index contributed by atoms with van der Waals surface area (Å²) in [6.07, 6.45) is 3.22. The zero-order chi connectivity index (χ0) is 20.9. The van der Waals surface area contributed by atoms with Crippen LogP contribution in [0.4, 0.5) is 0 Å². The van der Waals surface area contributed by atoms with Crippen LogP contribution in [-0.2, 0) is 9.59 Å². The Balaban J connectivity index is 1.72. The van der Waals surface area contributed by atoms with Crippen molar-refractivity contribution in [2.75, 3.05) is 6.54 Å². The molecular formula is C26H20ClNO2. The standard InChI is InChI=1S/C26H20ClNO2/c27-21-14-11-18(12-15-21)13-16-22(29)25-23(30)17-28-26(20-9-5-2-6-10-20)24(25)19-7-3-1-4-8-19/h1-16,24-25H,17H2/b16-13+/t24-,25+/m1/s1. The van der Waals surface area contributed by atoms with E-state index in [1.807, 2.05) is 72.8 Å². The van der Waals surface area contributed by atoms with E-state index >= 15 is 0 Å². The van der Waals surface area contributed by atoms with Gasteiger partial charge in [0.25, 0.3) is 0 Å². The first-order chi connectivity index (χ1) is 14.6. The van der Waals surface area contributed by atoms with Gasteiger partial charge in [0.15, 0.2) is 11.6 Å². The van der Waals surface area contributed by atoms with E-state index in [2.05, 4.69) is 4.99 Å². The van der Waals surface area contributed by atoms with Crippen LogP contribution in [0.5, 0.6) is 0 Å². The number of carbonyl (C=O) groups excluding carboxylic acids is 2. The van der Waals surface area contributed by atoms with E-state index < -0.39 is 11.8 Å². The van der Waals surface area contributed by atoms with Crippen molar-refractivity contribution in [2.24, 2.45) is 10.9 Å². The molecule has 0 saturated heterocycles. The lowest BCUT2D eigenvalue weighted by molar-refractivity contribution is -0.130. The highest BCUT2D eigenvalue weighted by Crippen LogP contribution is 2.34. The average molecular weight is 414 g/mol. The first-order valence-electron chi connectivity index (χ1n) is 9.78. The van der Waals surface area contributed by atoms with Crippen LogP contribution < -0.4 is 0 Å². The topological polar surface area (TPSA) is 46.5 Å². The molecule has 3 aromatic rings. The Kier molecular flexibility index (Phi) is 6.01. The molecule has 1 aliphatic heterocycles. The smallest absolute Gasteiger partial charge is 0.167 e. The number of carbonyl (C=O) groups is 2. The lowest BCUT2D eigenvalue weighted by Gasteiger charge is -2.30. The van der Waals surface area contributed by atoms with E-state index in [9.17, 15) is 9.59 Å². The lowest BCUT2D eigenvalue weighted by atomic mass is 9.74. The Labute approximate surface area is 180 Å². The van der Waals surface area contributed by atoms with Gasteiger partial charge in [0.1, 0.15) is 0 Å². The van der Waals surface area contributed by atoms with Crippen LogP contribution >= 0.6 is 11.6 Å². The highest BCUT2D eigenvalue weighted by molar-refractivity contribution is 6.30. The fourth-order valence-electron chi connectivity index (χ4n) is 3.77. The molecule has 2 atom stereocenters. The molecular weight excluding hydrogens is 394 g/mol. The Bertz CT molecular complexity index is 1100. The number of allylic oxidation sites excluding steroid dienone is 1. The molecule has 0 amide bonds. The molecule has 0 aliphatic carbocycles. The van der Waals surface area contributed by atoms with Gasteiger partial charge in [-0.1, -0.05) is 90.5 Å². The molecule has 1 aliphatic rings. The monoisotopic (exact) mass is 413 g/mol. The van der Waals surface area contributed by atoms with Crippen molar-refractivity contribution < 1.29 is 9.59 Å². The molecule has 4 rings (SSSR count). The quantitative estimate of drug-likeness (QED) is 0.415. The molecule has 0 radical (unpaired) electrons. The number of halogens is 1. The third kappa shape index (κ3) is 4.32. The summed E-state index contributed by atoms with van der Waals surface area (Å²) in [6, 6.07) is 26.6. The van der Waals surface area contributed by atoms with Crippen LogP contribution in [0.3, 0.4) is 0 Å². The molecule has 148 valence electrons. The van der Waals surface area contributed by atoms with Crippen LogP contribution in [0, 0.1) is 5.92 Å². The van der Waals surface area contributed by atoms with Gasteiger partial charge in [0.2, 0.25) is 0 Å². The fourth-order valence-corrected chi connectivity index (χ4v) is 3.90. The maximum Gasteiger partial charge on any atom is 0.167 e. The minimum atomic E-state index is -0.802. The predicted octanol–water partition coefficient (Wildman–Crippen LogP) is 5.39. The second-order valence-corrected chi connectivity index (χ2v) is 7.62. The largest absolute Gasteiger partial charge is 0.297 e. The van der Waals surface area contributed by atoms with Gasteiger partial charge in [-0.05, 0) is 34.9 Å². The summed E-state index contributed by atoms with van der Waals surface area (Å²) in [5.41, 5.74) is 3.47. The van der Waals surface area contributed by atoms with Gasteiger partial charge < -0.3 is 0 Å². The van der Waals surface area contributed by atoms with Gasteiger partial charge in [-0.3, -0.25) is 14.6 Å². The molecule has 3 nitrogen and oxygen atoms in total. The normalized spacial score (nSPS) is 19.0. The Morgan fingerprint density at radius 2 is 1.53 bits per heavy atom. The van der Waals surface area contributed by atoms with Gasteiger partial charge in [0.05, 0.1) is 18.2 Å². The second-order valence-electron chi connectivity index (χ2n) is 7.19. The van der Waals surface area contributed by atoms with Crippen molar-refractivity contribution >= 4 is 35.0 Å². The highest BCUT2D eigenvalue weighted by atomic mass is 35.5. The van der Waals surface area contributed by atoms with Gasteiger partial charge in [-0.25, -0.2) is 0 Å². The Morgan fingerprint density at radius 1 is 0.900 bits per heavy atom. The number of aliphatic imine (C=N–C) groups is 1. The van der Waals surface area contributed by atoms with Crippen molar-refractivity contribution in [3.63, 3.8) is 0 Å². The molecule has 0 saturated carbocycles. The molecule has 0 fully saturated rings. The summed E-state index contributed by atoms with van der Waals surface area (Å²) in [5.74, 6) is -1.60. The summed E-state index contributed by atoms with van der Waals surface area (Å²) in [4.78, 5) is 30.7. The van der Waals surface area contributed by atoms with Crippen LogP contribution in [0.15, 0.2) is 96.0 Å². The molecule has 0 bridgehead atoms. The first-order valence-corrected chi connectivity index (χ1v) is 10.2. The number of hydrogen-bond acceptors (Lipinski definition) is 3. The SMILES string of the molecule is O=C(/C=C/c1ccc(Cl)cc1)[C@H]1C(=O)CN=C(c2ccccc2)[C@@H]1c1ccccc1. The van der Waals surface area contributed by atoms with Crippen molar-refractivity contribution in [1.82, 2.24) is 0 Å². The zero-order valence-corrected chi connectivity index (χ0v) is 17.0. The highest BCUT2D eigenvalue weighted by Gasteiger charge is 2.40. The van der Waals surface area contributed by atoms with E-state index in [1.54, 1.807) is 18.2 Å². The van der Waals surface area contributed by atoms with Crippen LogP contribution in [0.25, 0.3) is 6.08 Å². The van der Waals surface area contributed by atoms with Gasteiger partial charge in [-0.2, -0.15) is 0 Å². The van der Waals surface area contributed by atoms with Crippen molar-refractivity contribution in [3.8, 4) is 0 Å². The second kappa shape index (κ2) is 9.02. The summed E-state index contributed by atoms with van der Waals surface area (Å²) in [5, 5.41) is 0.633. The average Bonchev–Trinajstić information content (AvgIpc) is 2.79. The molecule has 0 aromatic heterocycles. The van der Waals surface area contributed by atoms with Crippen molar-refractivity contribution in [1.29, 1.82) is 0 Å². The molecule has 1 heterocycles. The summed E-state index contributed by atoms with van der Waals surface area (Å²) >= 11 is 5.93. The third-order valence-electron chi connectivity index (χ3n) is 5.22. The van der Waals surface area contributed by atoms with Crippen LogP contribution in [0.2, 0.25) is 5.02 Å². The molecule has 3 aromatic carbocycles. The molecule has 4 heteroatoms. The molecule has 30 heavy (non-hydrogen) atoms. The number of Topliss-reactive ketones (excluding diaryl/α,β-unsaturated/α-hetero) is 1. The number of ketones is 2. The molecule has 0 spiro atoms. The Morgan fingerprint density at radius 3 is 2.20 bits per heavy atom. The Hall–Kier alpha value is -3.30. The fraction of sp³-hybridized carbons (Fsp3) is 0.115. The van der Waals surface area contributed by atoms with Crippen molar-refractivity contribution in [3.05, 3.63) is 113 Å². The van der Waals surface area contributed by atoms with Gasteiger partial charge >= 0.3 is 0 Å². The zero-order valence-electron chi connectivity index (χ0n) is 16.2. The van der Waals surface area contributed by atoms with Gasteiger partial charge in [0, 0.05) is 10.9 Å². The summed E-state index contributed by atoms with van der Waals surface area (Å²) in [6.45, 7) is 0.0127. The van der Waals surface area contributed by atoms with Crippen LogP contribution in [-0.4, -0.2) is 23.8 Å². The maximum atomic E-state index is 13.2. The number of nitrogens with zero attached hydrogens (tertiary/aromatic N) is 1. The number of hydrogen-bond donors (Lipinski definition) is 0. The van der Waals surface area contributed by atoms with E-state index in [1.165, 1.54) is 6.08 Å². The maximum absolute atomic E-state index is 13.2. The third-order valence-corrected chi connectivity index (χ3v) is 5.48. The van der Waals surface area contributed by atoms with E-state index in [0.717, 1.165) is 22.4 Å². The number of rotatable bonds is 5. The minimum Gasteiger partial charge on any atom is -0.297 e. The molecule has 0 unspecified atom stereocenters. The lowest BCUT2D eigenvalue weighted by Crippen LogP contribution is -2.39. The van der Waals surface area contributed by atoms with Gasteiger partial charge in [-0.15, -0.1) is 0 Å². The minimum absolute atomic E-state index is 0.0127. The first kappa shape index (κ1) is 20.0. The molecule has 0 N–H and O–H groups in total. The van der Waals surface area contributed by atoms with E-state index in [4.69, 9.17) is 11.6 Å². The van der Waals surface area contributed by atoms with E-state index in [0.29, 0.717) is 5.02 Å². The predicted molar refractivity (Wildman–Crippen MR) is 121 cm³/mol. The van der Waals surface area contributed by atoms with E-state index in [-0.39, 0.29) is 18.1 Å².